The largest absolute Gasteiger partial charge is 0.337 e. The molecule has 0 saturated carbocycles. The molecule has 0 aliphatic rings. The highest BCUT2D eigenvalue weighted by molar-refractivity contribution is 14.1. The van der Waals surface area contributed by atoms with Gasteiger partial charge in [-0.2, -0.15) is 0 Å². The molecular formula is C23H20IN3O2S. The summed E-state index contributed by atoms with van der Waals surface area (Å²) in [5.74, 6) is -0.392. The second-order valence-electron chi connectivity index (χ2n) is 6.65. The Bertz CT molecular complexity index is 1070. The monoisotopic (exact) mass is 529 g/mol. The maximum Gasteiger partial charge on any atom is 0.257 e. The molecule has 0 spiro atoms. The van der Waals surface area contributed by atoms with E-state index in [9.17, 15) is 9.59 Å². The third-order valence-corrected chi connectivity index (χ3v) is 5.17. The van der Waals surface area contributed by atoms with Crippen molar-refractivity contribution < 1.29 is 9.59 Å². The molecule has 0 radical (unpaired) electrons. The van der Waals surface area contributed by atoms with Crippen molar-refractivity contribution in [3.05, 3.63) is 99.1 Å². The molecule has 2 amide bonds. The van der Waals surface area contributed by atoms with Crippen LogP contribution in [-0.2, 0) is 6.54 Å². The number of benzene rings is 3. The van der Waals surface area contributed by atoms with E-state index in [2.05, 4.69) is 33.2 Å². The van der Waals surface area contributed by atoms with Gasteiger partial charge in [0.25, 0.3) is 11.8 Å². The van der Waals surface area contributed by atoms with Gasteiger partial charge in [-0.1, -0.05) is 42.5 Å². The lowest BCUT2D eigenvalue weighted by Gasteiger charge is -2.18. The van der Waals surface area contributed by atoms with E-state index in [1.54, 1.807) is 48.3 Å². The Hall–Kier alpha value is -2.78. The molecule has 2 N–H and O–H groups in total. The van der Waals surface area contributed by atoms with Crippen molar-refractivity contribution in [2.75, 3.05) is 12.4 Å². The van der Waals surface area contributed by atoms with E-state index in [4.69, 9.17) is 12.2 Å². The fourth-order valence-electron chi connectivity index (χ4n) is 2.85. The zero-order valence-electron chi connectivity index (χ0n) is 16.3. The first-order valence-corrected chi connectivity index (χ1v) is 10.7. The highest BCUT2D eigenvalue weighted by Crippen LogP contribution is 2.14. The van der Waals surface area contributed by atoms with Crippen molar-refractivity contribution in [2.24, 2.45) is 0 Å². The number of halogens is 1. The van der Waals surface area contributed by atoms with Crippen LogP contribution in [0.25, 0.3) is 0 Å². The van der Waals surface area contributed by atoms with Crippen LogP contribution in [0.3, 0.4) is 0 Å². The van der Waals surface area contributed by atoms with Gasteiger partial charge >= 0.3 is 0 Å². The summed E-state index contributed by atoms with van der Waals surface area (Å²) in [5.41, 5.74) is 2.74. The average Bonchev–Trinajstić information content (AvgIpc) is 2.74. The maximum absolute atomic E-state index is 12.8. The van der Waals surface area contributed by atoms with Crippen molar-refractivity contribution in [3.63, 3.8) is 0 Å². The van der Waals surface area contributed by atoms with Crippen molar-refractivity contribution in [2.45, 2.75) is 6.54 Å². The molecule has 5 nitrogen and oxygen atoms in total. The molecule has 152 valence electrons. The molecule has 0 unspecified atom stereocenters. The average molecular weight is 529 g/mol. The van der Waals surface area contributed by atoms with Gasteiger partial charge in [0.05, 0.1) is 0 Å². The first-order chi connectivity index (χ1) is 14.4. The molecule has 0 aliphatic heterocycles. The minimum absolute atomic E-state index is 0.101. The second-order valence-corrected chi connectivity index (χ2v) is 8.30. The number of anilines is 1. The topological polar surface area (TPSA) is 61.4 Å². The minimum atomic E-state index is -0.291. The number of nitrogens with zero attached hydrogens (tertiary/aromatic N) is 1. The Morgan fingerprint density at radius 1 is 0.933 bits per heavy atom. The van der Waals surface area contributed by atoms with E-state index in [0.29, 0.717) is 23.4 Å². The van der Waals surface area contributed by atoms with E-state index < -0.39 is 0 Å². The lowest BCUT2D eigenvalue weighted by molar-refractivity contribution is 0.0785. The number of nitrogens with one attached hydrogen (secondary N) is 2. The Morgan fingerprint density at radius 3 is 2.37 bits per heavy atom. The van der Waals surface area contributed by atoms with Crippen LogP contribution >= 0.6 is 34.8 Å². The SMILES string of the molecule is CN(Cc1ccccc1)C(=O)c1cccc(NC(=S)NC(=O)c2cccc(I)c2)c1. The lowest BCUT2D eigenvalue weighted by atomic mass is 10.1. The summed E-state index contributed by atoms with van der Waals surface area (Å²) < 4.78 is 0.963. The number of carbonyl (C=O) groups excluding carboxylic acids is 2. The van der Waals surface area contributed by atoms with Crippen LogP contribution in [0.15, 0.2) is 78.9 Å². The molecule has 0 fully saturated rings. The van der Waals surface area contributed by atoms with Crippen LogP contribution in [0, 0.1) is 3.57 Å². The van der Waals surface area contributed by atoms with E-state index in [0.717, 1.165) is 9.13 Å². The summed E-state index contributed by atoms with van der Waals surface area (Å²) in [5, 5.41) is 5.79. The molecule has 30 heavy (non-hydrogen) atoms. The smallest absolute Gasteiger partial charge is 0.257 e. The number of hydrogen-bond acceptors (Lipinski definition) is 3. The molecule has 0 aromatic heterocycles. The van der Waals surface area contributed by atoms with Crippen LogP contribution in [0.1, 0.15) is 26.3 Å². The number of hydrogen-bond donors (Lipinski definition) is 2. The van der Waals surface area contributed by atoms with Gasteiger partial charge in [0.1, 0.15) is 0 Å². The van der Waals surface area contributed by atoms with E-state index in [1.165, 1.54) is 0 Å². The minimum Gasteiger partial charge on any atom is -0.337 e. The standard InChI is InChI=1S/C23H20IN3O2S/c1-27(15-16-7-3-2-4-8-16)22(29)18-10-6-12-20(14-18)25-23(30)26-21(28)17-9-5-11-19(24)13-17/h2-14H,15H2,1H3,(H2,25,26,28,30). The summed E-state index contributed by atoms with van der Waals surface area (Å²) in [6.45, 7) is 0.516. The van der Waals surface area contributed by atoms with Gasteiger partial charge in [-0.15, -0.1) is 0 Å². The zero-order valence-corrected chi connectivity index (χ0v) is 19.2. The van der Waals surface area contributed by atoms with E-state index >= 15 is 0 Å². The predicted octanol–water partition coefficient (Wildman–Crippen LogP) is 4.69. The highest BCUT2D eigenvalue weighted by Gasteiger charge is 2.13. The van der Waals surface area contributed by atoms with Gasteiger partial charge < -0.3 is 10.2 Å². The molecule has 0 aliphatic carbocycles. The summed E-state index contributed by atoms with van der Waals surface area (Å²) in [6, 6.07) is 24.1. The Balaban J connectivity index is 1.62. The molecule has 0 heterocycles. The molecule has 7 heteroatoms. The predicted molar refractivity (Wildman–Crippen MR) is 132 cm³/mol. The summed E-state index contributed by atoms with van der Waals surface area (Å²) in [4.78, 5) is 26.8. The van der Waals surface area contributed by atoms with Crippen LogP contribution in [0.2, 0.25) is 0 Å². The number of rotatable bonds is 5. The lowest BCUT2D eigenvalue weighted by Crippen LogP contribution is -2.34. The first-order valence-electron chi connectivity index (χ1n) is 9.20. The quantitative estimate of drug-likeness (QED) is 0.372. The molecule has 0 atom stereocenters. The molecule has 3 aromatic carbocycles. The van der Waals surface area contributed by atoms with E-state index in [-0.39, 0.29) is 16.9 Å². The van der Waals surface area contributed by atoms with Gasteiger partial charge in [0.2, 0.25) is 0 Å². The third-order valence-electron chi connectivity index (χ3n) is 4.29. The molecule has 0 saturated heterocycles. The first kappa shape index (κ1) is 21.9. The Morgan fingerprint density at radius 2 is 1.63 bits per heavy atom. The summed E-state index contributed by atoms with van der Waals surface area (Å²) >= 11 is 7.40. The maximum atomic E-state index is 12.8. The number of amides is 2. The van der Waals surface area contributed by atoms with Crippen LogP contribution in [-0.4, -0.2) is 28.9 Å². The second kappa shape index (κ2) is 10.3. The van der Waals surface area contributed by atoms with Gasteiger partial charge in [-0.05, 0) is 76.8 Å². The summed E-state index contributed by atoms with van der Waals surface area (Å²) in [6.07, 6.45) is 0. The molecule has 3 rings (SSSR count). The van der Waals surface area contributed by atoms with Gasteiger partial charge in [-0.3, -0.25) is 14.9 Å². The molecule has 3 aromatic rings. The molecular weight excluding hydrogens is 509 g/mol. The Kier molecular flexibility index (Phi) is 7.53. The fourth-order valence-corrected chi connectivity index (χ4v) is 3.60. The summed E-state index contributed by atoms with van der Waals surface area (Å²) in [7, 11) is 1.77. The van der Waals surface area contributed by atoms with Crippen molar-refractivity contribution >= 4 is 57.4 Å². The fraction of sp³-hybridized carbons (Fsp3) is 0.0870. The van der Waals surface area contributed by atoms with Gasteiger partial charge in [0.15, 0.2) is 5.11 Å². The van der Waals surface area contributed by atoms with Crippen molar-refractivity contribution in [1.29, 1.82) is 0 Å². The van der Waals surface area contributed by atoms with Crippen LogP contribution < -0.4 is 10.6 Å². The number of carbonyl (C=O) groups is 2. The highest BCUT2D eigenvalue weighted by atomic mass is 127. The van der Waals surface area contributed by atoms with E-state index in [1.807, 2.05) is 42.5 Å². The van der Waals surface area contributed by atoms with Gasteiger partial charge in [0, 0.05) is 34.0 Å². The van der Waals surface area contributed by atoms with Gasteiger partial charge in [-0.25, -0.2) is 0 Å². The van der Waals surface area contributed by atoms with Crippen LogP contribution in [0.4, 0.5) is 5.69 Å². The zero-order chi connectivity index (χ0) is 21.5. The van der Waals surface area contributed by atoms with Crippen molar-refractivity contribution in [1.82, 2.24) is 10.2 Å². The van der Waals surface area contributed by atoms with Crippen molar-refractivity contribution in [3.8, 4) is 0 Å². The molecule has 0 bridgehead atoms. The van der Waals surface area contributed by atoms with Crippen LogP contribution in [0.5, 0.6) is 0 Å². The third kappa shape index (κ3) is 6.11. The number of thiocarbonyl (C=S) groups is 1. The normalized spacial score (nSPS) is 10.2. The Labute approximate surface area is 194 Å².